The summed E-state index contributed by atoms with van der Waals surface area (Å²) >= 11 is 4.91. The first kappa shape index (κ1) is 11.0. The molecule has 0 aliphatic rings. The van der Waals surface area contributed by atoms with Gasteiger partial charge in [-0.15, -0.1) is 0 Å². The maximum absolute atomic E-state index is 5.53. The molecule has 0 bridgehead atoms. The number of hydrogen-bond acceptors (Lipinski definition) is 2. The van der Waals surface area contributed by atoms with Crippen molar-refractivity contribution in [2.75, 3.05) is 18.0 Å². The highest BCUT2D eigenvalue weighted by Crippen LogP contribution is 2.14. The Labute approximate surface area is 90.7 Å². The van der Waals surface area contributed by atoms with E-state index in [4.69, 9.17) is 18.0 Å². The van der Waals surface area contributed by atoms with Gasteiger partial charge in [-0.1, -0.05) is 24.4 Å². The van der Waals surface area contributed by atoms with Crippen LogP contribution in [0.15, 0.2) is 24.3 Å². The van der Waals surface area contributed by atoms with Gasteiger partial charge in [-0.25, -0.2) is 0 Å². The fraction of sp³-hybridized carbons (Fsp3) is 0.364. The maximum atomic E-state index is 5.53. The van der Waals surface area contributed by atoms with Crippen molar-refractivity contribution in [1.29, 1.82) is 0 Å². The lowest BCUT2D eigenvalue weighted by molar-refractivity contribution is 0.924. The first-order chi connectivity index (χ1) is 6.63. The Bertz CT molecular complexity index is 323. The van der Waals surface area contributed by atoms with Crippen molar-refractivity contribution in [3.8, 4) is 0 Å². The van der Waals surface area contributed by atoms with Crippen LogP contribution in [0.25, 0.3) is 0 Å². The number of thiocarbonyl (C=S) groups is 1. The maximum Gasteiger partial charge on any atom is 0.0923 e. The van der Waals surface area contributed by atoms with Crippen molar-refractivity contribution in [3.63, 3.8) is 0 Å². The van der Waals surface area contributed by atoms with Gasteiger partial charge in [0.15, 0.2) is 0 Å². The molecule has 1 aromatic carbocycles. The molecular formula is C11H16N2S. The first-order valence-electron chi connectivity index (χ1n) is 4.73. The third-order valence-corrected chi connectivity index (χ3v) is 2.22. The molecule has 0 saturated heterocycles. The molecule has 0 radical (unpaired) electrons. The minimum atomic E-state index is 0.536. The standard InChI is InChI=1S/C11H16N2S/c1-3-13(8-11(12)14)10-6-4-5-9(2)7-10/h4-7H,3,8H2,1-2H3,(H2,12,14). The van der Waals surface area contributed by atoms with E-state index in [1.54, 1.807) is 0 Å². The molecule has 0 atom stereocenters. The molecule has 0 fully saturated rings. The summed E-state index contributed by atoms with van der Waals surface area (Å²) in [6, 6.07) is 8.35. The summed E-state index contributed by atoms with van der Waals surface area (Å²) in [7, 11) is 0. The molecule has 0 aromatic heterocycles. The molecule has 0 heterocycles. The summed E-state index contributed by atoms with van der Waals surface area (Å²) in [4.78, 5) is 2.70. The smallest absolute Gasteiger partial charge is 0.0923 e. The predicted molar refractivity (Wildman–Crippen MR) is 65.9 cm³/mol. The zero-order valence-corrected chi connectivity index (χ0v) is 9.47. The zero-order valence-electron chi connectivity index (χ0n) is 8.66. The van der Waals surface area contributed by atoms with Crippen LogP contribution in [0.5, 0.6) is 0 Å². The van der Waals surface area contributed by atoms with Crippen LogP contribution in [-0.2, 0) is 0 Å². The summed E-state index contributed by atoms with van der Waals surface area (Å²) in [5, 5.41) is 0. The van der Waals surface area contributed by atoms with Crippen molar-refractivity contribution >= 4 is 22.9 Å². The monoisotopic (exact) mass is 208 g/mol. The largest absolute Gasteiger partial charge is 0.392 e. The molecule has 1 rings (SSSR count). The third kappa shape index (κ3) is 3.00. The summed E-state index contributed by atoms with van der Waals surface area (Å²) in [5.74, 6) is 0. The summed E-state index contributed by atoms with van der Waals surface area (Å²) in [6.45, 7) is 5.74. The average molecular weight is 208 g/mol. The topological polar surface area (TPSA) is 29.3 Å². The SMILES string of the molecule is CCN(CC(N)=S)c1cccc(C)c1. The second-order valence-electron chi connectivity index (χ2n) is 3.32. The van der Waals surface area contributed by atoms with Crippen LogP contribution >= 0.6 is 12.2 Å². The van der Waals surface area contributed by atoms with Gasteiger partial charge in [0.25, 0.3) is 0 Å². The molecule has 0 aliphatic carbocycles. The lowest BCUT2D eigenvalue weighted by Crippen LogP contribution is -2.32. The zero-order chi connectivity index (χ0) is 10.6. The summed E-state index contributed by atoms with van der Waals surface area (Å²) in [6.07, 6.45) is 0. The van der Waals surface area contributed by atoms with Crippen LogP contribution in [0, 0.1) is 6.92 Å². The van der Waals surface area contributed by atoms with Crippen molar-refractivity contribution in [2.24, 2.45) is 5.73 Å². The van der Waals surface area contributed by atoms with Gasteiger partial charge >= 0.3 is 0 Å². The number of aryl methyl sites for hydroxylation is 1. The van der Waals surface area contributed by atoms with Crippen LogP contribution in [0.1, 0.15) is 12.5 Å². The second kappa shape index (κ2) is 4.96. The van der Waals surface area contributed by atoms with Gasteiger partial charge in [0.1, 0.15) is 0 Å². The summed E-state index contributed by atoms with van der Waals surface area (Å²) < 4.78 is 0. The predicted octanol–water partition coefficient (Wildman–Crippen LogP) is 2.11. The normalized spacial score (nSPS) is 9.86. The van der Waals surface area contributed by atoms with Gasteiger partial charge < -0.3 is 10.6 Å². The lowest BCUT2D eigenvalue weighted by Gasteiger charge is -2.22. The highest BCUT2D eigenvalue weighted by atomic mass is 32.1. The van der Waals surface area contributed by atoms with Crippen molar-refractivity contribution in [3.05, 3.63) is 29.8 Å². The number of nitrogens with two attached hydrogens (primary N) is 1. The Balaban J connectivity index is 2.83. The molecule has 0 unspecified atom stereocenters. The molecular weight excluding hydrogens is 192 g/mol. The molecule has 0 aliphatic heterocycles. The van der Waals surface area contributed by atoms with E-state index in [9.17, 15) is 0 Å². The minimum absolute atomic E-state index is 0.536. The highest BCUT2D eigenvalue weighted by Gasteiger charge is 2.04. The average Bonchev–Trinajstić information content (AvgIpc) is 2.14. The molecule has 1 aromatic rings. The number of rotatable bonds is 4. The highest BCUT2D eigenvalue weighted by molar-refractivity contribution is 7.80. The number of hydrogen-bond donors (Lipinski definition) is 1. The van der Waals surface area contributed by atoms with Gasteiger partial charge in [0, 0.05) is 12.2 Å². The Kier molecular flexibility index (Phi) is 3.89. The Morgan fingerprint density at radius 2 is 2.21 bits per heavy atom. The van der Waals surface area contributed by atoms with E-state index in [0.717, 1.165) is 6.54 Å². The Morgan fingerprint density at radius 3 is 2.71 bits per heavy atom. The van der Waals surface area contributed by atoms with Crippen LogP contribution in [-0.4, -0.2) is 18.1 Å². The molecule has 14 heavy (non-hydrogen) atoms. The van der Waals surface area contributed by atoms with Crippen molar-refractivity contribution in [1.82, 2.24) is 0 Å². The minimum Gasteiger partial charge on any atom is -0.392 e. The van der Waals surface area contributed by atoms with Gasteiger partial charge in [-0.3, -0.25) is 0 Å². The van der Waals surface area contributed by atoms with Gasteiger partial charge in [0.05, 0.1) is 11.5 Å². The molecule has 2 N–H and O–H groups in total. The molecule has 0 spiro atoms. The molecule has 2 nitrogen and oxygen atoms in total. The Morgan fingerprint density at radius 1 is 1.50 bits per heavy atom. The van der Waals surface area contributed by atoms with E-state index in [2.05, 4.69) is 36.9 Å². The van der Waals surface area contributed by atoms with E-state index in [1.165, 1.54) is 11.3 Å². The number of benzene rings is 1. The van der Waals surface area contributed by atoms with E-state index < -0.39 is 0 Å². The fourth-order valence-corrected chi connectivity index (χ4v) is 1.55. The van der Waals surface area contributed by atoms with E-state index in [0.29, 0.717) is 11.5 Å². The quantitative estimate of drug-likeness (QED) is 0.768. The fourth-order valence-electron chi connectivity index (χ4n) is 1.40. The molecule has 3 heteroatoms. The van der Waals surface area contributed by atoms with E-state index in [1.807, 2.05) is 6.07 Å². The van der Waals surface area contributed by atoms with E-state index >= 15 is 0 Å². The van der Waals surface area contributed by atoms with Gasteiger partial charge in [-0.05, 0) is 31.5 Å². The van der Waals surface area contributed by atoms with Crippen LogP contribution in [0.3, 0.4) is 0 Å². The van der Waals surface area contributed by atoms with Crippen molar-refractivity contribution in [2.45, 2.75) is 13.8 Å². The van der Waals surface area contributed by atoms with Crippen LogP contribution in [0.4, 0.5) is 5.69 Å². The van der Waals surface area contributed by atoms with Gasteiger partial charge in [-0.2, -0.15) is 0 Å². The van der Waals surface area contributed by atoms with Crippen molar-refractivity contribution < 1.29 is 0 Å². The lowest BCUT2D eigenvalue weighted by atomic mass is 10.2. The third-order valence-electron chi connectivity index (χ3n) is 2.10. The first-order valence-corrected chi connectivity index (χ1v) is 5.14. The van der Waals surface area contributed by atoms with E-state index in [-0.39, 0.29) is 0 Å². The van der Waals surface area contributed by atoms with Crippen LogP contribution in [0.2, 0.25) is 0 Å². The Hall–Kier alpha value is -1.09. The number of anilines is 1. The number of nitrogens with zero attached hydrogens (tertiary/aromatic N) is 1. The molecule has 0 amide bonds. The molecule has 0 saturated carbocycles. The van der Waals surface area contributed by atoms with Gasteiger partial charge in [0.2, 0.25) is 0 Å². The summed E-state index contributed by atoms with van der Waals surface area (Å²) in [5.41, 5.74) is 7.97. The second-order valence-corrected chi connectivity index (χ2v) is 3.84. The number of likely N-dealkylation sites (N-methyl/N-ethyl adjacent to an activating group) is 1. The van der Waals surface area contributed by atoms with Crippen LogP contribution < -0.4 is 10.6 Å². The molecule has 76 valence electrons.